The molecule has 3 aromatic rings. The number of carbonyl (C=O) groups excluding carboxylic acids is 2. The lowest BCUT2D eigenvalue weighted by Crippen LogP contribution is -2.57. The minimum absolute atomic E-state index is 0.0139. The largest absolute Gasteiger partial charge is 0.504 e. The number of piperidine rings is 1. The summed E-state index contributed by atoms with van der Waals surface area (Å²) < 4.78 is 5.53. The highest BCUT2D eigenvalue weighted by atomic mass is 16.5. The molecule has 0 amide bonds. The number of nitrogens with two attached hydrogens (primary N) is 1. The molecule has 10 heteroatoms. The Labute approximate surface area is 417 Å². The van der Waals surface area contributed by atoms with Crippen molar-refractivity contribution in [3.8, 4) is 11.5 Å². The van der Waals surface area contributed by atoms with E-state index in [1.165, 1.54) is 49.1 Å². The van der Waals surface area contributed by atoms with Crippen LogP contribution in [0.3, 0.4) is 0 Å². The minimum atomic E-state index is -0.387. The Balaban J connectivity index is 0.848. The number of carbonyl (C=O) groups is 2. The van der Waals surface area contributed by atoms with Crippen LogP contribution in [0.2, 0.25) is 0 Å². The first-order valence-electron chi connectivity index (χ1n) is 26.7. The molecule has 6 aliphatic rings. The van der Waals surface area contributed by atoms with Gasteiger partial charge in [-0.25, -0.2) is 0 Å². The molecule has 10 nitrogen and oxygen atoms in total. The summed E-state index contributed by atoms with van der Waals surface area (Å²) >= 11 is 0. The van der Waals surface area contributed by atoms with Crippen molar-refractivity contribution in [3.05, 3.63) is 136 Å². The fourth-order valence-corrected chi connectivity index (χ4v) is 14.0. The number of ether oxygens (including phenoxy) is 1. The van der Waals surface area contributed by atoms with Gasteiger partial charge in [-0.2, -0.15) is 0 Å². The summed E-state index contributed by atoms with van der Waals surface area (Å²) in [6.45, 7) is 5.62. The van der Waals surface area contributed by atoms with Gasteiger partial charge in [-0.05, 0) is 208 Å². The summed E-state index contributed by atoms with van der Waals surface area (Å²) in [7, 11) is 1.52. The van der Waals surface area contributed by atoms with E-state index >= 15 is 0 Å². The van der Waals surface area contributed by atoms with E-state index in [2.05, 4.69) is 94.1 Å². The molecule has 3 heterocycles. The van der Waals surface area contributed by atoms with Gasteiger partial charge in [-0.15, -0.1) is 0 Å². The van der Waals surface area contributed by atoms with Gasteiger partial charge in [0.1, 0.15) is 5.78 Å². The monoisotopic (exact) mass is 950 g/mol. The number of aryl methyl sites for hydroxylation is 3. The average Bonchev–Trinajstić information content (AvgIpc) is 3.72. The molecule has 3 aliphatic heterocycles. The number of rotatable bonds is 20. The number of aliphatic hydroxyl groups excluding tert-OH is 1. The molecule has 3 aromatic carbocycles. The van der Waals surface area contributed by atoms with Gasteiger partial charge in [0.15, 0.2) is 17.3 Å². The Morgan fingerprint density at radius 1 is 0.957 bits per heavy atom. The van der Waals surface area contributed by atoms with Crippen LogP contribution in [0.4, 0.5) is 0 Å². The number of hydrogen-bond acceptors (Lipinski definition) is 10. The quantitative estimate of drug-likeness (QED) is 0.0334. The predicted octanol–water partition coefficient (Wildman–Crippen LogP) is 8.31. The van der Waals surface area contributed by atoms with E-state index in [0.717, 1.165) is 99.7 Å². The van der Waals surface area contributed by atoms with Gasteiger partial charge >= 0.3 is 0 Å². The number of benzene rings is 3. The number of ketones is 2. The fraction of sp³-hybridized carbons (Fsp3) is 0.533. The molecular formula is C60H79N5O5. The standard InChI is InChI=1S/C60H79N5O5/c1-39(66)36-64-51-31-50-19-16-43(33-60(50,34-51)35-55-54-21-23-62-37-49(54)26-46-12-7-22-63-59(46)55)25-53(68)32-52(67)20-18-44-29-57(70-2)56(69)28-47(44)27-48-38-65-58(61)30-45(48)17-15-42-11-6-10-41(24-42)14-13-40-8-4-3-5-9-40/h3-12,18,20,24,28-30,38-39,43,46,49-51,54-55,58-59,62-66,69H,13-17,19,21-23,25-27,31-37,61H2,1-2H3/b20-18+/t39-,43-,46-,49-,50-,51+,54+,55-,58?,59+,60+/m0/s1. The molecule has 0 spiro atoms. The maximum absolute atomic E-state index is 13.9. The minimum Gasteiger partial charge on any atom is -0.504 e. The zero-order valence-electron chi connectivity index (χ0n) is 41.7. The lowest BCUT2D eigenvalue weighted by molar-refractivity contribution is -0.126. The molecule has 8 N–H and O–H groups in total. The van der Waals surface area contributed by atoms with Crippen molar-refractivity contribution in [1.82, 2.24) is 21.3 Å². The molecule has 9 rings (SSSR count). The Morgan fingerprint density at radius 2 is 1.76 bits per heavy atom. The van der Waals surface area contributed by atoms with Crippen molar-refractivity contribution >= 4 is 17.6 Å². The van der Waals surface area contributed by atoms with E-state index in [9.17, 15) is 19.8 Å². The van der Waals surface area contributed by atoms with Crippen LogP contribution in [0, 0.1) is 40.9 Å². The molecule has 1 unspecified atom stereocenters. The zero-order chi connectivity index (χ0) is 48.6. The van der Waals surface area contributed by atoms with Crippen molar-refractivity contribution in [1.29, 1.82) is 0 Å². The summed E-state index contributed by atoms with van der Waals surface area (Å²) in [6.07, 6.45) is 25.0. The number of aliphatic hydroxyl groups is 1. The van der Waals surface area contributed by atoms with Crippen molar-refractivity contribution in [2.24, 2.45) is 46.7 Å². The van der Waals surface area contributed by atoms with Crippen LogP contribution in [0.25, 0.3) is 6.08 Å². The first kappa shape index (κ1) is 50.1. The molecule has 1 saturated heterocycles. The Hall–Kier alpha value is -4.84. The predicted molar refractivity (Wildman–Crippen MR) is 280 cm³/mol. The van der Waals surface area contributed by atoms with Crippen molar-refractivity contribution in [3.63, 3.8) is 0 Å². The molecule has 11 atom stereocenters. The van der Waals surface area contributed by atoms with Crippen LogP contribution in [-0.2, 0) is 35.3 Å². The second-order valence-electron chi connectivity index (χ2n) is 22.1. The van der Waals surface area contributed by atoms with E-state index in [1.54, 1.807) is 18.2 Å². The first-order chi connectivity index (χ1) is 34.0. The van der Waals surface area contributed by atoms with E-state index in [-0.39, 0.29) is 47.3 Å². The second kappa shape index (κ2) is 23.1. The number of nitrogens with one attached hydrogen (secondary N) is 4. The first-order valence-corrected chi connectivity index (χ1v) is 26.7. The van der Waals surface area contributed by atoms with Crippen LogP contribution in [-0.4, -0.2) is 79.4 Å². The van der Waals surface area contributed by atoms with E-state index < -0.39 is 0 Å². The van der Waals surface area contributed by atoms with Crippen LogP contribution < -0.4 is 31.7 Å². The van der Waals surface area contributed by atoms with Gasteiger partial charge in [-0.3, -0.25) is 9.59 Å². The third kappa shape index (κ3) is 12.4. The summed E-state index contributed by atoms with van der Waals surface area (Å²) in [5, 5.41) is 35.9. The number of phenols is 1. The Bertz CT molecular complexity index is 2410. The number of allylic oxidation sites excluding steroid dienone is 3. The maximum atomic E-state index is 13.9. The fourth-order valence-electron chi connectivity index (χ4n) is 14.0. The highest BCUT2D eigenvalue weighted by Crippen LogP contribution is 2.60. The van der Waals surface area contributed by atoms with Crippen LogP contribution in [0.1, 0.15) is 105 Å². The number of dihydropyridines is 1. The highest BCUT2D eigenvalue weighted by Gasteiger charge is 2.55. The van der Waals surface area contributed by atoms with Gasteiger partial charge < -0.3 is 42.0 Å². The van der Waals surface area contributed by atoms with Crippen LogP contribution in [0.5, 0.6) is 11.5 Å². The van der Waals surface area contributed by atoms with E-state index in [4.69, 9.17) is 10.5 Å². The van der Waals surface area contributed by atoms with E-state index in [0.29, 0.717) is 66.8 Å². The Morgan fingerprint density at radius 3 is 2.57 bits per heavy atom. The van der Waals surface area contributed by atoms with Crippen molar-refractivity contribution in [2.45, 2.75) is 128 Å². The Kier molecular flexibility index (Phi) is 16.6. The second-order valence-corrected chi connectivity index (χ2v) is 22.1. The van der Waals surface area contributed by atoms with Crippen LogP contribution in [0.15, 0.2) is 108 Å². The van der Waals surface area contributed by atoms with Gasteiger partial charge in [0.05, 0.1) is 25.8 Å². The lowest BCUT2D eigenvalue weighted by Gasteiger charge is -2.54. The number of Topliss-reactive ketones (excluding diaryl/α,β-unsaturated/α-hetero) is 1. The van der Waals surface area contributed by atoms with Gasteiger partial charge in [-0.1, -0.05) is 72.8 Å². The van der Waals surface area contributed by atoms with Gasteiger partial charge in [0.25, 0.3) is 0 Å². The topological polar surface area (TPSA) is 158 Å². The maximum Gasteiger partial charge on any atom is 0.163 e. The van der Waals surface area contributed by atoms with Gasteiger partial charge in [0.2, 0.25) is 0 Å². The summed E-state index contributed by atoms with van der Waals surface area (Å²) in [4.78, 5) is 27.6. The molecule has 3 saturated carbocycles. The summed E-state index contributed by atoms with van der Waals surface area (Å²) in [6, 6.07) is 23.8. The molecule has 374 valence electrons. The van der Waals surface area contributed by atoms with Crippen molar-refractivity contribution < 1.29 is 24.5 Å². The zero-order valence-corrected chi connectivity index (χ0v) is 41.7. The molecule has 3 aliphatic carbocycles. The SMILES string of the molecule is COc1cc(/C=C/C(=O)CC(=O)C[C@@H]2CC[C@H]3C[C@@H](NC[C@H](C)O)C[C@@]3(C[C@H]3[C@@H]4CCNC[C@@H]4C[C@@H]4C=CCN[C@@H]34)C2)c(CC2=CNC(N)C=C2CCc2cccc(CCc3ccccc3)c2)cc1O. The number of fused-ring (bicyclic) bond motifs is 3. The molecule has 4 fully saturated rings. The summed E-state index contributed by atoms with van der Waals surface area (Å²) in [5.74, 6) is 3.58. The molecule has 0 radical (unpaired) electrons. The molecule has 0 aromatic heterocycles. The number of phenolic OH excluding ortho intramolecular Hbond substituents is 1. The number of hydrogen-bond donors (Lipinski definition) is 7. The van der Waals surface area contributed by atoms with Crippen LogP contribution >= 0.6 is 0 Å². The average molecular weight is 950 g/mol. The normalized spacial score (nSPS) is 29.8. The smallest absolute Gasteiger partial charge is 0.163 e. The number of aromatic hydroxyl groups is 1. The van der Waals surface area contributed by atoms with Gasteiger partial charge in [0, 0.05) is 37.8 Å². The molecule has 0 bridgehead atoms. The van der Waals surface area contributed by atoms with Crippen molar-refractivity contribution in [2.75, 3.05) is 33.3 Å². The summed E-state index contributed by atoms with van der Waals surface area (Å²) in [5.41, 5.74) is 14.3. The molecule has 70 heavy (non-hydrogen) atoms. The highest BCUT2D eigenvalue weighted by molar-refractivity contribution is 6.06. The third-order valence-corrected chi connectivity index (χ3v) is 17.2. The molecular weight excluding hydrogens is 871 g/mol. The number of methoxy groups -OCH3 is 1. The third-order valence-electron chi connectivity index (χ3n) is 17.2. The lowest BCUT2D eigenvalue weighted by atomic mass is 9.54. The van der Waals surface area contributed by atoms with E-state index in [1.807, 2.05) is 13.1 Å².